The highest BCUT2D eigenvalue weighted by molar-refractivity contribution is 7.13. The smallest absolute Gasteiger partial charge is 0.306 e. The van der Waals surface area contributed by atoms with Gasteiger partial charge in [-0.25, -0.2) is 9.37 Å². The number of nitrogens with zero attached hydrogens (tertiary/aromatic N) is 1. The van der Waals surface area contributed by atoms with Gasteiger partial charge >= 0.3 is 5.97 Å². The van der Waals surface area contributed by atoms with Crippen molar-refractivity contribution >= 4 is 17.3 Å². The summed E-state index contributed by atoms with van der Waals surface area (Å²) < 4.78 is 13.5. The fourth-order valence-corrected chi connectivity index (χ4v) is 2.42. The molecule has 3 nitrogen and oxygen atoms in total. The van der Waals surface area contributed by atoms with Crippen molar-refractivity contribution in [2.45, 2.75) is 13.3 Å². The minimum absolute atomic E-state index is 0.315. The summed E-state index contributed by atoms with van der Waals surface area (Å²) in [5.74, 6) is -1.65. The molecule has 2 aromatic rings. The number of carboxylic acids is 1. The van der Waals surface area contributed by atoms with E-state index < -0.39 is 11.9 Å². The second kappa shape index (κ2) is 5.27. The van der Waals surface area contributed by atoms with Crippen molar-refractivity contribution in [2.75, 3.05) is 0 Å². The van der Waals surface area contributed by atoms with Gasteiger partial charge in [-0.15, -0.1) is 11.3 Å². The highest BCUT2D eigenvalue weighted by atomic mass is 32.1. The van der Waals surface area contributed by atoms with Crippen LogP contribution in [0.15, 0.2) is 29.6 Å². The first kappa shape index (κ1) is 12.7. The molecule has 1 unspecified atom stereocenters. The maximum atomic E-state index is 13.5. The standard InChI is InChI=1S/C13H12FNO2S/c1-8(13(16)17)6-9-7-18-12(15-9)10-4-2-3-5-11(10)14/h2-5,7-8H,6H2,1H3,(H,16,17). The molecule has 0 saturated carbocycles. The topological polar surface area (TPSA) is 50.2 Å². The Morgan fingerprint density at radius 3 is 2.89 bits per heavy atom. The molecule has 1 atom stereocenters. The fraction of sp³-hybridized carbons (Fsp3) is 0.231. The summed E-state index contributed by atoms with van der Waals surface area (Å²) in [5.41, 5.74) is 1.14. The lowest BCUT2D eigenvalue weighted by molar-refractivity contribution is -0.141. The second-order valence-electron chi connectivity index (χ2n) is 4.07. The number of benzene rings is 1. The lowest BCUT2D eigenvalue weighted by Gasteiger charge is -2.02. The van der Waals surface area contributed by atoms with Crippen LogP contribution < -0.4 is 0 Å². The summed E-state index contributed by atoms with van der Waals surface area (Å²) in [4.78, 5) is 15.0. The van der Waals surface area contributed by atoms with Crippen molar-refractivity contribution in [3.05, 3.63) is 41.2 Å². The Kier molecular flexibility index (Phi) is 3.72. The third-order valence-electron chi connectivity index (χ3n) is 2.59. The molecule has 0 saturated heterocycles. The molecule has 1 aromatic carbocycles. The summed E-state index contributed by atoms with van der Waals surface area (Å²) >= 11 is 1.33. The Morgan fingerprint density at radius 2 is 2.22 bits per heavy atom. The van der Waals surface area contributed by atoms with E-state index in [1.165, 1.54) is 17.4 Å². The zero-order valence-electron chi connectivity index (χ0n) is 9.76. The lowest BCUT2D eigenvalue weighted by Crippen LogP contribution is -2.12. The van der Waals surface area contributed by atoms with Gasteiger partial charge in [-0.1, -0.05) is 19.1 Å². The molecule has 0 aliphatic rings. The molecule has 0 bridgehead atoms. The first-order valence-corrected chi connectivity index (χ1v) is 6.38. The van der Waals surface area contributed by atoms with Gasteiger partial charge in [0.15, 0.2) is 0 Å². The number of aliphatic carboxylic acids is 1. The Balaban J connectivity index is 2.21. The summed E-state index contributed by atoms with van der Waals surface area (Å²) in [6, 6.07) is 6.42. The van der Waals surface area contributed by atoms with Gasteiger partial charge in [0.2, 0.25) is 0 Å². The van der Waals surface area contributed by atoms with E-state index in [4.69, 9.17) is 5.11 Å². The number of carbonyl (C=O) groups is 1. The summed E-state index contributed by atoms with van der Waals surface area (Å²) in [7, 11) is 0. The summed E-state index contributed by atoms with van der Waals surface area (Å²) in [6.07, 6.45) is 0.361. The molecule has 5 heteroatoms. The Bertz CT molecular complexity index is 568. The van der Waals surface area contributed by atoms with Crippen molar-refractivity contribution in [3.8, 4) is 10.6 Å². The SMILES string of the molecule is CC(Cc1csc(-c2ccccc2F)n1)C(=O)O. The van der Waals surface area contributed by atoms with Gasteiger partial charge in [0.1, 0.15) is 10.8 Å². The van der Waals surface area contributed by atoms with E-state index in [9.17, 15) is 9.18 Å². The van der Waals surface area contributed by atoms with E-state index >= 15 is 0 Å². The molecule has 0 aliphatic carbocycles. The summed E-state index contributed by atoms with van der Waals surface area (Å²) in [5, 5.41) is 11.2. The number of halogens is 1. The quantitative estimate of drug-likeness (QED) is 0.923. The van der Waals surface area contributed by atoms with Crippen LogP contribution in [-0.4, -0.2) is 16.1 Å². The molecule has 0 spiro atoms. The molecule has 0 amide bonds. The molecule has 1 aromatic heterocycles. The van der Waals surface area contributed by atoms with Crippen molar-refractivity contribution in [3.63, 3.8) is 0 Å². The van der Waals surface area contributed by atoms with Gasteiger partial charge in [-0.05, 0) is 12.1 Å². The predicted octanol–water partition coefficient (Wildman–Crippen LogP) is 3.21. The van der Waals surface area contributed by atoms with Gasteiger partial charge in [-0.3, -0.25) is 4.79 Å². The monoisotopic (exact) mass is 265 g/mol. The molecule has 94 valence electrons. The maximum Gasteiger partial charge on any atom is 0.306 e. The molecule has 1 heterocycles. The van der Waals surface area contributed by atoms with Crippen molar-refractivity contribution in [2.24, 2.45) is 5.92 Å². The van der Waals surface area contributed by atoms with Crippen molar-refractivity contribution in [1.29, 1.82) is 0 Å². The molecule has 1 N–H and O–H groups in total. The number of aromatic nitrogens is 1. The van der Waals surface area contributed by atoms with Crippen LogP contribution in [-0.2, 0) is 11.2 Å². The van der Waals surface area contributed by atoms with Gasteiger partial charge in [0.05, 0.1) is 11.6 Å². The van der Waals surface area contributed by atoms with Crippen LogP contribution in [0, 0.1) is 11.7 Å². The van der Waals surface area contributed by atoms with Crippen LogP contribution in [0.4, 0.5) is 4.39 Å². The van der Waals surface area contributed by atoms with Gasteiger partial charge in [0, 0.05) is 17.4 Å². The fourth-order valence-electron chi connectivity index (χ4n) is 1.56. The van der Waals surface area contributed by atoms with Crippen LogP contribution in [0.2, 0.25) is 0 Å². The predicted molar refractivity (Wildman–Crippen MR) is 68.0 cm³/mol. The Morgan fingerprint density at radius 1 is 1.50 bits per heavy atom. The van der Waals surface area contributed by atoms with E-state index in [0.717, 1.165) is 0 Å². The largest absolute Gasteiger partial charge is 0.481 e. The minimum atomic E-state index is -0.851. The zero-order chi connectivity index (χ0) is 13.1. The normalized spacial score (nSPS) is 12.3. The van der Waals surface area contributed by atoms with Crippen LogP contribution in [0.25, 0.3) is 10.6 Å². The summed E-state index contributed by atoms with van der Waals surface area (Å²) in [6.45, 7) is 1.63. The number of carboxylic acid groups (broad SMARTS) is 1. The average molecular weight is 265 g/mol. The van der Waals surface area contributed by atoms with Crippen molar-refractivity contribution in [1.82, 2.24) is 4.98 Å². The molecule has 0 radical (unpaired) electrons. The number of thiazole rings is 1. The third-order valence-corrected chi connectivity index (χ3v) is 3.52. The molecular formula is C13H12FNO2S. The molecular weight excluding hydrogens is 253 g/mol. The van der Waals surface area contributed by atoms with Crippen LogP contribution in [0.1, 0.15) is 12.6 Å². The number of rotatable bonds is 4. The van der Waals surface area contributed by atoms with E-state index in [1.54, 1.807) is 30.5 Å². The van der Waals surface area contributed by atoms with E-state index in [1.807, 2.05) is 0 Å². The maximum absolute atomic E-state index is 13.5. The van der Waals surface area contributed by atoms with E-state index in [-0.39, 0.29) is 5.82 Å². The Hall–Kier alpha value is -1.75. The number of hydrogen-bond acceptors (Lipinski definition) is 3. The van der Waals surface area contributed by atoms with Crippen LogP contribution in [0.3, 0.4) is 0 Å². The van der Waals surface area contributed by atoms with Gasteiger partial charge in [-0.2, -0.15) is 0 Å². The number of hydrogen-bond donors (Lipinski definition) is 1. The van der Waals surface area contributed by atoms with E-state index in [0.29, 0.717) is 22.7 Å². The van der Waals surface area contributed by atoms with Crippen LogP contribution in [0.5, 0.6) is 0 Å². The molecule has 18 heavy (non-hydrogen) atoms. The van der Waals surface area contributed by atoms with Gasteiger partial charge < -0.3 is 5.11 Å². The first-order chi connectivity index (χ1) is 8.58. The lowest BCUT2D eigenvalue weighted by atomic mass is 10.1. The zero-order valence-corrected chi connectivity index (χ0v) is 10.6. The first-order valence-electron chi connectivity index (χ1n) is 5.50. The van der Waals surface area contributed by atoms with Crippen molar-refractivity contribution < 1.29 is 14.3 Å². The molecule has 0 fully saturated rings. The second-order valence-corrected chi connectivity index (χ2v) is 4.93. The van der Waals surface area contributed by atoms with Crippen LogP contribution >= 0.6 is 11.3 Å². The molecule has 2 rings (SSSR count). The third kappa shape index (κ3) is 2.73. The Labute approximate surface area is 108 Å². The average Bonchev–Trinajstić information content (AvgIpc) is 2.77. The van der Waals surface area contributed by atoms with Gasteiger partial charge in [0.25, 0.3) is 0 Å². The highest BCUT2D eigenvalue weighted by Gasteiger charge is 2.15. The highest BCUT2D eigenvalue weighted by Crippen LogP contribution is 2.26. The van der Waals surface area contributed by atoms with E-state index in [2.05, 4.69) is 4.98 Å². The molecule has 0 aliphatic heterocycles. The minimum Gasteiger partial charge on any atom is -0.481 e.